The van der Waals surface area contributed by atoms with E-state index < -0.39 is 0 Å². The third-order valence-electron chi connectivity index (χ3n) is 1.82. The van der Waals surface area contributed by atoms with Crippen LogP contribution < -0.4 is 0 Å². The lowest BCUT2D eigenvalue weighted by Crippen LogP contribution is -2.11. The zero-order valence-corrected chi connectivity index (χ0v) is 5.77. The molecule has 0 amide bonds. The molecule has 0 unspecified atom stereocenters. The minimum Gasteiger partial charge on any atom is -0.372 e. The smallest absolute Gasteiger partial charge is 0.116 e. The van der Waals surface area contributed by atoms with Gasteiger partial charge in [0.2, 0.25) is 0 Å². The SMILES string of the molecule is CC[C@@H]1CC[C@@H](CF)O1. The highest BCUT2D eigenvalue weighted by atomic mass is 19.1. The monoisotopic (exact) mass is 132 g/mol. The van der Waals surface area contributed by atoms with Crippen LogP contribution >= 0.6 is 0 Å². The van der Waals surface area contributed by atoms with Gasteiger partial charge in [-0.3, -0.25) is 0 Å². The van der Waals surface area contributed by atoms with Gasteiger partial charge in [-0.25, -0.2) is 4.39 Å². The number of ether oxygens (including phenoxy) is 1. The number of hydrogen-bond donors (Lipinski definition) is 0. The molecule has 0 aliphatic carbocycles. The largest absolute Gasteiger partial charge is 0.372 e. The van der Waals surface area contributed by atoms with Crippen LogP contribution in [0.1, 0.15) is 26.2 Å². The van der Waals surface area contributed by atoms with Crippen LogP contribution in [0, 0.1) is 0 Å². The molecule has 0 aromatic rings. The Morgan fingerprint density at radius 2 is 2.11 bits per heavy atom. The van der Waals surface area contributed by atoms with Crippen LogP contribution in [0.2, 0.25) is 0 Å². The summed E-state index contributed by atoms with van der Waals surface area (Å²) < 4.78 is 17.2. The van der Waals surface area contributed by atoms with Crippen molar-refractivity contribution in [3.63, 3.8) is 0 Å². The molecule has 0 aromatic carbocycles. The van der Waals surface area contributed by atoms with Gasteiger partial charge in [0, 0.05) is 0 Å². The van der Waals surface area contributed by atoms with Crippen molar-refractivity contribution in [3.8, 4) is 0 Å². The molecule has 1 fully saturated rings. The molecule has 0 aromatic heterocycles. The lowest BCUT2D eigenvalue weighted by Gasteiger charge is -2.07. The van der Waals surface area contributed by atoms with Crippen LogP contribution in [-0.2, 0) is 4.74 Å². The lowest BCUT2D eigenvalue weighted by atomic mass is 10.2. The molecule has 1 saturated heterocycles. The average molecular weight is 132 g/mol. The van der Waals surface area contributed by atoms with E-state index in [0.29, 0.717) is 6.10 Å². The zero-order valence-electron chi connectivity index (χ0n) is 5.77. The zero-order chi connectivity index (χ0) is 6.69. The fourth-order valence-corrected chi connectivity index (χ4v) is 1.19. The second-order valence-electron chi connectivity index (χ2n) is 2.52. The molecule has 2 atom stereocenters. The van der Waals surface area contributed by atoms with Gasteiger partial charge >= 0.3 is 0 Å². The van der Waals surface area contributed by atoms with Gasteiger partial charge in [0.15, 0.2) is 0 Å². The first-order valence-electron chi connectivity index (χ1n) is 3.58. The van der Waals surface area contributed by atoms with Crippen LogP contribution in [0.5, 0.6) is 0 Å². The molecule has 54 valence electrons. The first-order chi connectivity index (χ1) is 4.36. The summed E-state index contributed by atoms with van der Waals surface area (Å²) in [6.45, 7) is 1.77. The Morgan fingerprint density at radius 1 is 1.44 bits per heavy atom. The molecule has 0 saturated carbocycles. The fourth-order valence-electron chi connectivity index (χ4n) is 1.19. The van der Waals surface area contributed by atoms with E-state index in [2.05, 4.69) is 6.92 Å². The van der Waals surface area contributed by atoms with E-state index in [1.54, 1.807) is 0 Å². The minimum absolute atomic E-state index is 0.0880. The van der Waals surface area contributed by atoms with Crippen LogP contribution in [0.15, 0.2) is 0 Å². The first-order valence-corrected chi connectivity index (χ1v) is 3.58. The Kier molecular flexibility index (Phi) is 2.46. The Morgan fingerprint density at radius 3 is 2.44 bits per heavy atom. The maximum Gasteiger partial charge on any atom is 0.116 e. The molecule has 1 aliphatic rings. The number of rotatable bonds is 2. The normalized spacial score (nSPS) is 35.3. The topological polar surface area (TPSA) is 9.23 Å². The summed E-state index contributed by atoms with van der Waals surface area (Å²) in [6.07, 6.45) is 3.23. The van der Waals surface area contributed by atoms with Gasteiger partial charge in [-0.05, 0) is 19.3 Å². The van der Waals surface area contributed by atoms with Gasteiger partial charge in [0.25, 0.3) is 0 Å². The van der Waals surface area contributed by atoms with Crippen LogP contribution in [-0.4, -0.2) is 18.9 Å². The molecule has 1 heterocycles. The second kappa shape index (κ2) is 3.16. The van der Waals surface area contributed by atoms with E-state index in [4.69, 9.17) is 4.74 Å². The van der Waals surface area contributed by atoms with E-state index >= 15 is 0 Å². The molecule has 0 bridgehead atoms. The highest BCUT2D eigenvalue weighted by Gasteiger charge is 2.22. The van der Waals surface area contributed by atoms with Crippen molar-refractivity contribution in [2.24, 2.45) is 0 Å². The molecular formula is C7H13FO. The van der Waals surface area contributed by atoms with E-state index in [-0.39, 0.29) is 12.8 Å². The van der Waals surface area contributed by atoms with Crippen molar-refractivity contribution in [2.45, 2.75) is 38.4 Å². The Labute approximate surface area is 55.2 Å². The molecule has 0 N–H and O–H groups in total. The number of alkyl halides is 1. The Bertz CT molecular complexity index is 75.0. The van der Waals surface area contributed by atoms with Crippen LogP contribution in [0.4, 0.5) is 4.39 Å². The second-order valence-corrected chi connectivity index (χ2v) is 2.52. The molecule has 1 aliphatic heterocycles. The molecule has 9 heavy (non-hydrogen) atoms. The highest BCUT2D eigenvalue weighted by molar-refractivity contribution is 4.71. The summed E-state index contributed by atoms with van der Waals surface area (Å²) in [5.74, 6) is 0. The van der Waals surface area contributed by atoms with Crippen LogP contribution in [0.25, 0.3) is 0 Å². The summed E-state index contributed by atoms with van der Waals surface area (Å²) in [7, 11) is 0. The summed E-state index contributed by atoms with van der Waals surface area (Å²) in [5.41, 5.74) is 0. The van der Waals surface area contributed by atoms with Crippen molar-refractivity contribution in [2.75, 3.05) is 6.67 Å². The number of hydrogen-bond acceptors (Lipinski definition) is 1. The molecule has 0 spiro atoms. The van der Waals surface area contributed by atoms with Crippen molar-refractivity contribution < 1.29 is 9.13 Å². The van der Waals surface area contributed by atoms with E-state index in [1.165, 1.54) is 0 Å². The van der Waals surface area contributed by atoms with Crippen LogP contribution in [0.3, 0.4) is 0 Å². The predicted molar refractivity (Wildman–Crippen MR) is 34.2 cm³/mol. The number of halogens is 1. The third kappa shape index (κ3) is 1.65. The summed E-state index contributed by atoms with van der Waals surface area (Å²) >= 11 is 0. The molecule has 1 rings (SSSR count). The maximum absolute atomic E-state index is 11.9. The molecule has 0 radical (unpaired) electrons. The van der Waals surface area contributed by atoms with Gasteiger partial charge in [-0.1, -0.05) is 6.92 Å². The predicted octanol–water partition coefficient (Wildman–Crippen LogP) is 1.91. The highest BCUT2D eigenvalue weighted by Crippen LogP contribution is 2.21. The first kappa shape index (κ1) is 7.00. The van der Waals surface area contributed by atoms with E-state index in [1.807, 2.05) is 0 Å². The standard InChI is InChI=1S/C7H13FO/c1-2-6-3-4-7(5-8)9-6/h6-7H,2-5H2,1H3/t6-,7+/m1/s1. The Hall–Kier alpha value is -0.110. The Balaban J connectivity index is 2.20. The summed E-state index contributed by atoms with van der Waals surface area (Å²) in [4.78, 5) is 0. The van der Waals surface area contributed by atoms with Gasteiger partial charge < -0.3 is 4.74 Å². The fraction of sp³-hybridized carbons (Fsp3) is 1.00. The molecular weight excluding hydrogens is 119 g/mol. The van der Waals surface area contributed by atoms with Gasteiger partial charge in [0.1, 0.15) is 6.67 Å². The van der Waals surface area contributed by atoms with E-state index in [0.717, 1.165) is 19.3 Å². The molecule has 2 heteroatoms. The lowest BCUT2D eigenvalue weighted by molar-refractivity contribution is 0.0297. The summed E-state index contributed by atoms with van der Waals surface area (Å²) in [5, 5.41) is 0. The van der Waals surface area contributed by atoms with Gasteiger partial charge in [0.05, 0.1) is 12.2 Å². The van der Waals surface area contributed by atoms with Crippen molar-refractivity contribution >= 4 is 0 Å². The third-order valence-corrected chi connectivity index (χ3v) is 1.82. The van der Waals surface area contributed by atoms with E-state index in [9.17, 15) is 4.39 Å². The average Bonchev–Trinajstić information content (AvgIpc) is 2.34. The summed E-state index contributed by atoms with van der Waals surface area (Å²) in [6, 6.07) is 0. The van der Waals surface area contributed by atoms with Gasteiger partial charge in [-0.2, -0.15) is 0 Å². The quantitative estimate of drug-likeness (QED) is 0.557. The minimum atomic E-state index is -0.309. The van der Waals surface area contributed by atoms with Crippen molar-refractivity contribution in [1.82, 2.24) is 0 Å². The molecule has 1 nitrogen and oxygen atoms in total. The van der Waals surface area contributed by atoms with Crippen molar-refractivity contribution in [3.05, 3.63) is 0 Å². The van der Waals surface area contributed by atoms with Gasteiger partial charge in [-0.15, -0.1) is 0 Å². The maximum atomic E-state index is 11.9. The van der Waals surface area contributed by atoms with Crippen molar-refractivity contribution in [1.29, 1.82) is 0 Å².